The maximum Gasteiger partial charge on any atom is 0.0475 e. The molecule has 1 aliphatic rings. The average Bonchev–Trinajstić information content (AvgIpc) is 2.04. The van der Waals surface area contributed by atoms with Gasteiger partial charge in [0, 0.05) is 19.2 Å². The van der Waals surface area contributed by atoms with Crippen LogP contribution < -0.4 is 5.32 Å². The third kappa shape index (κ3) is 2.90. The Balaban J connectivity index is 0.00000121. The summed E-state index contributed by atoms with van der Waals surface area (Å²) in [6.07, 6.45) is 1.10. The minimum absolute atomic E-state index is 0. The van der Waals surface area contributed by atoms with E-state index in [1.54, 1.807) is 0 Å². The van der Waals surface area contributed by atoms with E-state index in [0.717, 1.165) is 19.5 Å². The van der Waals surface area contributed by atoms with Crippen molar-refractivity contribution >= 4 is 12.4 Å². The van der Waals surface area contributed by atoms with Crippen LogP contribution in [0, 0.1) is 5.92 Å². The van der Waals surface area contributed by atoms with Crippen LogP contribution in [0.25, 0.3) is 0 Å². The Labute approximate surface area is 80.5 Å². The quantitative estimate of drug-likeness (QED) is 0.647. The lowest BCUT2D eigenvalue weighted by Gasteiger charge is -2.35. The molecule has 0 radical (unpaired) electrons. The van der Waals surface area contributed by atoms with Gasteiger partial charge < -0.3 is 15.3 Å². The second-order valence-electron chi connectivity index (χ2n) is 3.47. The monoisotopic (exact) mass is 194 g/mol. The SMILES string of the molecule is CN(C)C1CNCCC1CO.Cl. The molecule has 1 heterocycles. The second kappa shape index (κ2) is 5.75. The Kier molecular flexibility index (Phi) is 5.84. The fourth-order valence-corrected chi connectivity index (χ4v) is 1.71. The van der Waals surface area contributed by atoms with Gasteiger partial charge in [-0.1, -0.05) is 0 Å². The molecule has 3 nitrogen and oxygen atoms in total. The fraction of sp³-hybridized carbons (Fsp3) is 1.00. The summed E-state index contributed by atoms with van der Waals surface area (Å²) in [6, 6.07) is 0.508. The van der Waals surface area contributed by atoms with E-state index >= 15 is 0 Å². The molecule has 1 rings (SSSR count). The van der Waals surface area contributed by atoms with Gasteiger partial charge in [0.15, 0.2) is 0 Å². The number of rotatable bonds is 2. The molecule has 2 N–H and O–H groups in total. The lowest BCUT2D eigenvalue weighted by Crippen LogP contribution is -2.49. The Hall–Kier alpha value is 0.170. The van der Waals surface area contributed by atoms with Crippen molar-refractivity contribution in [3.63, 3.8) is 0 Å². The fourth-order valence-electron chi connectivity index (χ4n) is 1.71. The summed E-state index contributed by atoms with van der Waals surface area (Å²) < 4.78 is 0. The molecule has 2 unspecified atom stereocenters. The van der Waals surface area contributed by atoms with Gasteiger partial charge >= 0.3 is 0 Å². The highest BCUT2D eigenvalue weighted by Crippen LogP contribution is 2.14. The maximum absolute atomic E-state index is 9.06. The summed E-state index contributed by atoms with van der Waals surface area (Å²) in [4.78, 5) is 2.19. The van der Waals surface area contributed by atoms with E-state index in [2.05, 4.69) is 24.3 Å². The standard InChI is InChI=1S/C8H18N2O.ClH/c1-10(2)8-5-9-4-3-7(8)6-11;/h7-9,11H,3-6H2,1-2H3;1H. The van der Waals surface area contributed by atoms with E-state index in [1.807, 2.05) is 0 Å². The minimum atomic E-state index is 0. The van der Waals surface area contributed by atoms with Crippen LogP contribution >= 0.6 is 12.4 Å². The molecule has 0 spiro atoms. The zero-order valence-corrected chi connectivity index (χ0v) is 8.60. The van der Waals surface area contributed by atoms with E-state index in [1.165, 1.54) is 0 Å². The summed E-state index contributed by atoms with van der Waals surface area (Å²) in [7, 11) is 4.14. The molecule has 1 aliphatic heterocycles. The third-order valence-electron chi connectivity index (χ3n) is 2.49. The van der Waals surface area contributed by atoms with Gasteiger partial charge in [0.05, 0.1) is 0 Å². The molecule has 74 valence electrons. The second-order valence-corrected chi connectivity index (χ2v) is 3.47. The molecular weight excluding hydrogens is 176 g/mol. The van der Waals surface area contributed by atoms with Crippen molar-refractivity contribution in [3.8, 4) is 0 Å². The van der Waals surface area contributed by atoms with Crippen LogP contribution in [0.15, 0.2) is 0 Å². The lowest BCUT2D eigenvalue weighted by atomic mass is 9.93. The molecule has 0 aliphatic carbocycles. The van der Waals surface area contributed by atoms with Crippen LogP contribution in [0.4, 0.5) is 0 Å². The van der Waals surface area contributed by atoms with Gasteiger partial charge in [-0.05, 0) is 33.0 Å². The summed E-state index contributed by atoms with van der Waals surface area (Å²) in [5.74, 6) is 0.464. The number of piperidine rings is 1. The predicted octanol–water partition coefficient (Wildman–Crippen LogP) is -0.0598. The normalized spacial score (nSPS) is 30.0. The topological polar surface area (TPSA) is 35.5 Å². The number of nitrogens with zero attached hydrogens (tertiary/aromatic N) is 1. The number of aliphatic hydroxyl groups is 1. The zero-order valence-electron chi connectivity index (χ0n) is 7.79. The smallest absolute Gasteiger partial charge is 0.0475 e. The Bertz CT molecular complexity index is 122. The van der Waals surface area contributed by atoms with E-state index in [0.29, 0.717) is 18.6 Å². The van der Waals surface area contributed by atoms with Crippen molar-refractivity contribution in [1.29, 1.82) is 0 Å². The van der Waals surface area contributed by atoms with Crippen molar-refractivity contribution < 1.29 is 5.11 Å². The van der Waals surface area contributed by atoms with Gasteiger partial charge in [-0.15, -0.1) is 12.4 Å². The molecule has 0 bridgehead atoms. The first-order chi connectivity index (χ1) is 5.25. The first-order valence-corrected chi connectivity index (χ1v) is 4.23. The highest BCUT2D eigenvalue weighted by molar-refractivity contribution is 5.85. The maximum atomic E-state index is 9.06. The number of aliphatic hydroxyl groups excluding tert-OH is 1. The number of halogens is 1. The zero-order chi connectivity index (χ0) is 8.27. The molecule has 0 aromatic rings. The number of likely N-dealkylation sites (N-methyl/N-ethyl adjacent to an activating group) is 1. The van der Waals surface area contributed by atoms with Crippen molar-refractivity contribution in [3.05, 3.63) is 0 Å². The lowest BCUT2D eigenvalue weighted by molar-refractivity contribution is 0.107. The van der Waals surface area contributed by atoms with Crippen LogP contribution in [-0.4, -0.2) is 49.8 Å². The van der Waals surface area contributed by atoms with E-state index in [9.17, 15) is 0 Å². The Morgan fingerprint density at radius 2 is 2.17 bits per heavy atom. The highest BCUT2D eigenvalue weighted by atomic mass is 35.5. The Morgan fingerprint density at radius 1 is 1.50 bits per heavy atom. The molecule has 0 aromatic carbocycles. The van der Waals surface area contributed by atoms with Crippen LogP contribution in [0.3, 0.4) is 0 Å². The van der Waals surface area contributed by atoms with Crippen molar-refractivity contribution in [1.82, 2.24) is 10.2 Å². The third-order valence-corrected chi connectivity index (χ3v) is 2.49. The molecule has 0 amide bonds. The van der Waals surface area contributed by atoms with E-state index < -0.39 is 0 Å². The van der Waals surface area contributed by atoms with Gasteiger partial charge in [0.25, 0.3) is 0 Å². The van der Waals surface area contributed by atoms with Crippen LogP contribution in [-0.2, 0) is 0 Å². The van der Waals surface area contributed by atoms with Gasteiger partial charge in [-0.3, -0.25) is 0 Å². The van der Waals surface area contributed by atoms with E-state index in [-0.39, 0.29) is 12.4 Å². The summed E-state index contributed by atoms with van der Waals surface area (Å²) in [5.41, 5.74) is 0. The first kappa shape index (κ1) is 12.2. The highest BCUT2D eigenvalue weighted by Gasteiger charge is 2.25. The number of hydrogen-bond donors (Lipinski definition) is 2. The number of nitrogens with one attached hydrogen (secondary N) is 1. The van der Waals surface area contributed by atoms with Crippen LogP contribution in [0.1, 0.15) is 6.42 Å². The van der Waals surface area contributed by atoms with Crippen molar-refractivity contribution in [2.45, 2.75) is 12.5 Å². The average molecular weight is 195 g/mol. The summed E-state index contributed by atoms with van der Waals surface area (Å²) in [5, 5.41) is 12.4. The van der Waals surface area contributed by atoms with Crippen molar-refractivity contribution in [2.24, 2.45) is 5.92 Å². The molecule has 2 atom stereocenters. The molecule has 12 heavy (non-hydrogen) atoms. The number of hydrogen-bond acceptors (Lipinski definition) is 3. The predicted molar refractivity (Wildman–Crippen MR) is 52.8 cm³/mol. The summed E-state index contributed by atoms with van der Waals surface area (Å²) in [6.45, 7) is 2.39. The first-order valence-electron chi connectivity index (χ1n) is 4.23. The molecule has 0 aromatic heterocycles. The van der Waals surface area contributed by atoms with Crippen LogP contribution in [0.2, 0.25) is 0 Å². The van der Waals surface area contributed by atoms with Gasteiger partial charge in [-0.25, -0.2) is 0 Å². The van der Waals surface area contributed by atoms with Gasteiger partial charge in [0.1, 0.15) is 0 Å². The minimum Gasteiger partial charge on any atom is -0.396 e. The largest absolute Gasteiger partial charge is 0.396 e. The molecule has 4 heteroatoms. The van der Waals surface area contributed by atoms with E-state index in [4.69, 9.17) is 5.11 Å². The van der Waals surface area contributed by atoms with Gasteiger partial charge in [0.2, 0.25) is 0 Å². The molecule has 1 fully saturated rings. The molecule has 1 saturated heterocycles. The summed E-state index contributed by atoms with van der Waals surface area (Å²) >= 11 is 0. The van der Waals surface area contributed by atoms with Crippen molar-refractivity contribution in [2.75, 3.05) is 33.8 Å². The van der Waals surface area contributed by atoms with Gasteiger partial charge in [-0.2, -0.15) is 0 Å². The van der Waals surface area contributed by atoms with Crippen LogP contribution in [0.5, 0.6) is 0 Å². The Morgan fingerprint density at radius 3 is 2.58 bits per heavy atom. The molecule has 0 saturated carbocycles. The molecular formula is C8H19ClN2O.